The minimum absolute atomic E-state index is 0.0574. The maximum absolute atomic E-state index is 11.7. The number of nitrogens with zero attached hydrogens (tertiary/aromatic N) is 4. The van der Waals surface area contributed by atoms with Crippen molar-refractivity contribution in [1.29, 1.82) is 0 Å². The van der Waals surface area contributed by atoms with Crippen LogP contribution in [-0.2, 0) is 4.79 Å². The van der Waals surface area contributed by atoms with Crippen LogP contribution >= 0.6 is 11.8 Å². The molecule has 0 radical (unpaired) electrons. The van der Waals surface area contributed by atoms with E-state index in [1.165, 1.54) is 11.8 Å². The first-order chi connectivity index (χ1) is 9.13. The van der Waals surface area contributed by atoms with Crippen molar-refractivity contribution in [3.05, 3.63) is 17.5 Å². The van der Waals surface area contributed by atoms with E-state index in [1.807, 2.05) is 24.3 Å². The summed E-state index contributed by atoms with van der Waals surface area (Å²) in [7, 11) is 0. The average molecular weight is 277 g/mol. The lowest BCUT2D eigenvalue weighted by Crippen LogP contribution is -2.27. The Morgan fingerprint density at radius 3 is 3.00 bits per heavy atom. The van der Waals surface area contributed by atoms with Crippen LogP contribution in [0.25, 0.3) is 5.78 Å². The smallest absolute Gasteiger partial charge is 0.256 e. The molecule has 1 aliphatic rings. The van der Waals surface area contributed by atoms with E-state index in [0.29, 0.717) is 22.7 Å². The second-order valence-corrected chi connectivity index (χ2v) is 5.73. The SMILES string of the molecule is Cc1cc(C)n2c(SCC(=O)NC3CC3)nnc2n1. The van der Waals surface area contributed by atoms with Crippen LogP contribution in [0.3, 0.4) is 0 Å². The Hall–Kier alpha value is -1.63. The van der Waals surface area contributed by atoms with Gasteiger partial charge in [-0.25, -0.2) is 4.98 Å². The zero-order valence-corrected chi connectivity index (χ0v) is 11.7. The quantitative estimate of drug-likeness (QED) is 0.848. The highest BCUT2D eigenvalue weighted by atomic mass is 32.2. The molecular weight excluding hydrogens is 262 g/mol. The highest BCUT2D eigenvalue weighted by Crippen LogP contribution is 2.21. The molecule has 2 heterocycles. The lowest BCUT2D eigenvalue weighted by molar-refractivity contribution is -0.118. The highest BCUT2D eigenvalue weighted by Gasteiger charge is 2.23. The molecule has 2 aromatic rings. The number of aromatic nitrogens is 4. The van der Waals surface area contributed by atoms with E-state index in [0.717, 1.165) is 24.2 Å². The van der Waals surface area contributed by atoms with Crippen molar-refractivity contribution in [2.45, 2.75) is 37.9 Å². The maximum Gasteiger partial charge on any atom is 0.256 e. The van der Waals surface area contributed by atoms with Gasteiger partial charge in [0, 0.05) is 17.4 Å². The molecule has 0 aliphatic heterocycles. The number of carbonyl (C=O) groups excluding carboxylic acids is 1. The van der Waals surface area contributed by atoms with Gasteiger partial charge in [0.2, 0.25) is 5.91 Å². The van der Waals surface area contributed by atoms with Gasteiger partial charge >= 0.3 is 0 Å². The van der Waals surface area contributed by atoms with Gasteiger partial charge < -0.3 is 5.32 Å². The Labute approximate surface area is 115 Å². The first-order valence-electron chi connectivity index (χ1n) is 6.25. The van der Waals surface area contributed by atoms with Crippen LogP contribution in [0.4, 0.5) is 0 Å². The van der Waals surface area contributed by atoms with Gasteiger partial charge in [-0.3, -0.25) is 9.20 Å². The van der Waals surface area contributed by atoms with E-state index < -0.39 is 0 Å². The fourth-order valence-electron chi connectivity index (χ4n) is 1.92. The molecule has 0 saturated heterocycles. The second kappa shape index (κ2) is 4.80. The zero-order valence-electron chi connectivity index (χ0n) is 10.9. The van der Waals surface area contributed by atoms with E-state index in [2.05, 4.69) is 20.5 Å². The van der Waals surface area contributed by atoms with E-state index in [-0.39, 0.29) is 5.91 Å². The van der Waals surface area contributed by atoms with Crippen molar-refractivity contribution >= 4 is 23.4 Å². The molecule has 0 bridgehead atoms. The molecule has 0 spiro atoms. The molecule has 0 aromatic carbocycles. The Kier molecular flexibility index (Phi) is 3.14. The van der Waals surface area contributed by atoms with Gasteiger partial charge in [0.1, 0.15) is 0 Å². The largest absolute Gasteiger partial charge is 0.353 e. The summed E-state index contributed by atoms with van der Waals surface area (Å²) in [4.78, 5) is 16.0. The minimum atomic E-state index is 0.0574. The fraction of sp³-hybridized carbons (Fsp3) is 0.500. The van der Waals surface area contributed by atoms with E-state index in [1.54, 1.807) is 0 Å². The average Bonchev–Trinajstić information content (AvgIpc) is 3.05. The molecule has 2 aromatic heterocycles. The number of fused-ring (bicyclic) bond motifs is 1. The summed E-state index contributed by atoms with van der Waals surface area (Å²) in [6.07, 6.45) is 2.21. The normalized spacial score (nSPS) is 14.8. The third kappa shape index (κ3) is 2.70. The third-order valence-electron chi connectivity index (χ3n) is 2.94. The van der Waals surface area contributed by atoms with Gasteiger partial charge in [-0.05, 0) is 32.8 Å². The summed E-state index contributed by atoms with van der Waals surface area (Å²) in [5.41, 5.74) is 1.94. The predicted molar refractivity (Wildman–Crippen MR) is 72.1 cm³/mol. The molecule has 19 heavy (non-hydrogen) atoms. The summed E-state index contributed by atoms with van der Waals surface area (Å²) in [6, 6.07) is 2.37. The lowest BCUT2D eigenvalue weighted by Gasteiger charge is -2.04. The van der Waals surface area contributed by atoms with E-state index >= 15 is 0 Å². The first-order valence-corrected chi connectivity index (χ1v) is 7.23. The molecule has 100 valence electrons. The Balaban J connectivity index is 1.75. The summed E-state index contributed by atoms with van der Waals surface area (Å²) in [5.74, 6) is 1.01. The van der Waals surface area contributed by atoms with Crippen molar-refractivity contribution in [2.75, 3.05) is 5.75 Å². The van der Waals surface area contributed by atoms with Gasteiger partial charge in [0.25, 0.3) is 5.78 Å². The standard InChI is InChI=1S/C12H15N5OS/c1-7-5-8(2)17-11(13-7)15-16-12(17)19-6-10(18)14-9-3-4-9/h5,9H,3-4,6H2,1-2H3,(H,14,18). The zero-order chi connectivity index (χ0) is 13.4. The van der Waals surface area contributed by atoms with E-state index in [4.69, 9.17) is 0 Å². The van der Waals surface area contributed by atoms with Crippen molar-refractivity contribution < 1.29 is 4.79 Å². The minimum Gasteiger partial charge on any atom is -0.353 e. The molecular formula is C12H15N5OS. The topological polar surface area (TPSA) is 72.2 Å². The molecule has 0 atom stereocenters. The van der Waals surface area contributed by atoms with Crippen LogP contribution in [-0.4, -0.2) is 37.3 Å². The maximum atomic E-state index is 11.7. The summed E-state index contributed by atoms with van der Waals surface area (Å²) >= 11 is 1.39. The van der Waals surface area contributed by atoms with Crippen LogP contribution in [0.2, 0.25) is 0 Å². The van der Waals surface area contributed by atoms with Gasteiger partial charge in [-0.2, -0.15) is 0 Å². The van der Waals surface area contributed by atoms with Crippen LogP contribution in [0.1, 0.15) is 24.2 Å². The summed E-state index contributed by atoms with van der Waals surface area (Å²) in [6.45, 7) is 3.91. The van der Waals surface area contributed by atoms with Crippen molar-refractivity contribution in [2.24, 2.45) is 0 Å². The number of nitrogens with one attached hydrogen (secondary N) is 1. The number of amides is 1. The van der Waals surface area contributed by atoms with Crippen molar-refractivity contribution in [3.63, 3.8) is 0 Å². The summed E-state index contributed by atoms with van der Waals surface area (Å²) < 4.78 is 1.88. The first kappa shape index (κ1) is 12.4. The van der Waals surface area contributed by atoms with Crippen molar-refractivity contribution in [1.82, 2.24) is 24.9 Å². The van der Waals surface area contributed by atoms with Gasteiger partial charge in [0.05, 0.1) is 5.75 Å². The molecule has 1 aliphatic carbocycles. The molecule has 1 amide bonds. The number of hydrogen-bond acceptors (Lipinski definition) is 5. The number of carbonyl (C=O) groups is 1. The van der Waals surface area contributed by atoms with Crippen molar-refractivity contribution in [3.8, 4) is 0 Å². The number of aryl methyl sites for hydroxylation is 2. The van der Waals surface area contributed by atoms with Crippen LogP contribution in [0.15, 0.2) is 11.2 Å². The molecule has 1 N–H and O–H groups in total. The van der Waals surface area contributed by atoms with Gasteiger partial charge in [-0.15, -0.1) is 10.2 Å². The number of rotatable bonds is 4. The summed E-state index contributed by atoms with van der Waals surface area (Å²) in [5, 5.41) is 11.8. The Bertz CT molecular complexity index is 634. The molecule has 7 heteroatoms. The Morgan fingerprint density at radius 1 is 1.47 bits per heavy atom. The van der Waals surface area contributed by atoms with E-state index in [9.17, 15) is 4.79 Å². The highest BCUT2D eigenvalue weighted by molar-refractivity contribution is 7.99. The molecule has 3 rings (SSSR count). The molecule has 6 nitrogen and oxygen atoms in total. The second-order valence-electron chi connectivity index (χ2n) is 4.79. The molecule has 1 saturated carbocycles. The number of thioether (sulfide) groups is 1. The Morgan fingerprint density at radius 2 is 2.26 bits per heavy atom. The van der Waals surface area contributed by atoms with Gasteiger partial charge in [0.15, 0.2) is 5.16 Å². The van der Waals surface area contributed by atoms with Crippen LogP contribution < -0.4 is 5.32 Å². The predicted octanol–water partition coefficient (Wildman–Crippen LogP) is 1.11. The monoisotopic (exact) mass is 277 g/mol. The molecule has 0 unspecified atom stereocenters. The number of hydrogen-bond donors (Lipinski definition) is 1. The fourth-order valence-corrected chi connectivity index (χ4v) is 2.72. The third-order valence-corrected chi connectivity index (χ3v) is 3.87. The van der Waals surface area contributed by atoms with Crippen LogP contribution in [0, 0.1) is 13.8 Å². The molecule has 1 fully saturated rings. The van der Waals surface area contributed by atoms with Crippen LogP contribution in [0.5, 0.6) is 0 Å². The van der Waals surface area contributed by atoms with Gasteiger partial charge in [-0.1, -0.05) is 11.8 Å². The lowest BCUT2D eigenvalue weighted by atomic mass is 10.3.